The van der Waals surface area contributed by atoms with Gasteiger partial charge in [-0.05, 0) is 43.2 Å². The Labute approximate surface area is 151 Å². The lowest BCUT2D eigenvalue weighted by Crippen LogP contribution is -2.39. The Morgan fingerprint density at radius 2 is 2.12 bits per heavy atom. The molecule has 1 aromatic heterocycles. The van der Waals surface area contributed by atoms with Crippen molar-refractivity contribution in [1.82, 2.24) is 14.9 Å². The van der Waals surface area contributed by atoms with Gasteiger partial charge in [0, 0.05) is 19.3 Å². The van der Waals surface area contributed by atoms with Crippen LogP contribution >= 0.6 is 0 Å². The summed E-state index contributed by atoms with van der Waals surface area (Å²) in [5, 5.41) is 0. The number of halogens is 1. The van der Waals surface area contributed by atoms with E-state index in [1.54, 1.807) is 6.07 Å². The average molecular weight is 352 g/mol. The number of para-hydroxylation sites is 1. The Balaban J connectivity index is 1.52. The number of benzene rings is 2. The molecule has 0 bridgehead atoms. The van der Waals surface area contributed by atoms with Crippen molar-refractivity contribution in [2.24, 2.45) is 0 Å². The first-order chi connectivity index (χ1) is 12.6. The molecule has 26 heavy (non-hydrogen) atoms. The van der Waals surface area contributed by atoms with Gasteiger partial charge in [-0.1, -0.05) is 18.2 Å². The number of hydrogen-bond donors (Lipinski definition) is 1. The summed E-state index contributed by atoms with van der Waals surface area (Å²) >= 11 is 0. The second kappa shape index (κ2) is 6.78. The molecule has 0 unspecified atom stereocenters. The molecule has 2 aromatic carbocycles. The quantitative estimate of drug-likeness (QED) is 0.782. The van der Waals surface area contributed by atoms with Crippen molar-refractivity contribution in [3.05, 3.63) is 60.2 Å². The highest BCUT2D eigenvalue weighted by Crippen LogP contribution is 2.31. The maximum absolute atomic E-state index is 13.4. The van der Waals surface area contributed by atoms with E-state index in [1.807, 2.05) is 47.2 Å². The van der Waals surface area contributed by atoms with Crippen molar-refractivity contribution < 1.29 is 9.18 Å². The largest absolute Gasteiger partial charge is 0.365 e. The fourth-order valence-corrected chi connectivity index (χ4v) is 3.58. The van der Waals surface area contributed by atoms with Crippen molar-refractivity contribution in [2.45, 2.75) is 18.9 Å². The summed E-state index contributed by atoms with van der Waals surface area (Å²) in [5.41, 5.74) is 2.40. The normalized spacial score (nSPS) is 17.0. The molecular formula is C20H21FN4O. The maximum atomic E-state index is 13.4. The molecule has 1 fully saturated rings. The van der Waals surface area contributed by atoms with Crippen LogP contribution in [0.4, 0.5) is 10.1 Å². The molecule has 1 saturated heterocycles. The van der Waals surface area contributed by atoms with Crippen LogP contribution in [0, 0.1) is 5.82 Å². The fourth-order valence-electron chi connectivity index (χ4n) is 3.58. The van der Waals surface area contributed by atoms with Crippen molar-refractivity contribution in [2.75, 3.05) is 25.0 Å². The van der Waals surface area contributed by atoms with Crippen LogP contribution in [0.15, 0.2) is 48.5 Å². The van der Waals surface area contributed by atoms with Gasteiger partial charge in [-0.25, -0.2) is 9.37 Å². The molecule has 1 amide bonds. The smallest absolute Gasteiger partial charge is 0.242 e. The highest BCUT2D eigenvalue weighted by Gasteiger charge is 2.32. The molecule has 0 aliphatic carbocycles. The Bertz CT molecular complexity index is 924. The van der Waals surface area contributed by atoms with Crippen LogP contribution in [0.25, 0.3) is 11.0 Å². The zero-order valence-electron chi connectivity index (χ0n) is 14.7. The minimum absolute atomic E-state index is 0.0745. The molecule has 0 radical (unpaired) electrons. The van der Waals surface area contributed by atoms with E-state index in [2.05, 4.69) is 9.97 Å². The number of nitrogens with zero attached hydrogens (tertiary/aromatic N) is 3. The zero-order valence-corrected chi connectivity index (χ0v) is 14.7. The van der Waals surface area contributed by atoms with Gasteiger partial charge in [0.15, 0.2) is 0 Å². The number of fused-ring (bicyclic) bond motifs is 1. The number of imidazole rings is 1. The van der Waals surface area contributed by atoms with Gasteiger partial charge in [0.1, 0.15) is 11.6 Å². The molecule has 3 aromatic rings. The fraction of sp³-hybridized carbons (Fsp3) is 0.300. The van der Waals surface area contributed by atoms with Gasteiger partial charge < -0.3 is 14.8 Å². The lowest BCUT2D eigenvalue weighted by molar-refractivity contribution is -0.130. The van der Waals surface area contributed by atoms with Crippen LogP contribution in [0.3, 0.4) is 0 Å². The first-order valence-corrected chi connectivity index (χ1v) is 8.82. The molecule has 5 nitrogen and oxygen atoms in total. The van der Waals surface area contributed by atoms with Crippen molar-refractivity contribution in [3.8, 4) is 0 Å². The molecule has 1 aliphatic rings. The number of amides is 1. The molecule has 1 aliphatic heterocycles. The van der Waals surface area contributed by atoms with E-state index in [9.17, 15) is 9.18 Å². The molecule has 2 heterocycles. The summed E-state index contributed by atoms with van der Waals surface area (Å²) in [7, 11) is 1.92. The van der Waals surface area contributed by atoms with E-state index in [4.69, 9.17) is 0 Å². The standard InChI is InChI=1S/C20H21FN4O/c1-24(15-6-3-2-4-7-15)13-19(26)25-11-5-8-18(25)20-22-16-10-9-14(21)12-17(16)23-20/h2-4,6-7,9-10,12,18H,5,8,11,13H2,1H3,(H,22,23)/t18-/m0/s1. The first kappa shape index (κ1) is 16.6. The zero-order chi connectivity index (χ0) is 18.1. The van der Waals surface area contributed by atoms with Crippen molar-refractivity contribution >= 4 is 22.6 Å². The second-order valence-electron chi connectivity index (χ2n) is 6.72. The van der Waals surface area contributed by atoms with Crippen LogP contribution in [0.1, 0.15) is 24.7 Å². The molecular weight excluding hydrogens is 331 g/mol. The molecule has 1 atom stereocenters. The predicted octanol–water partition coefficient (Wildman–Crippen LogP) is 3.50. The molecule has 0 spiro atoms. The predicted molar refractivity (Wildman–Crippen MR) is 99.5 cm³/mol. The monoisotopic (exact) mass is 352 g/mol. The SMILES string of the molecule is CN(CC(=O)N1CCC[C@H]1c1nc2ccc(F)cc2[nH]1)c1ccccc1. The lowest BCUT2D eigenvalue weighted by Gasteiger charge is -2.27. The highest BCUT2D eigenvalue weighted by molar-refractivity contribution is 5.82. The third-order valence-corrected chi connectivity index (χ3v) is 4.92. The molecule has 0 saturated carbocycles. The molecule has 4 rings (SSSR count). The Hall–Kier alpha value is -2.89. The number of aromatic nitrogens is 2. The van der Waals surface area contributed by atoms with E-state index >= 15 is 0 Å². The van der Waals surface area contributed by atoms with Gasteiger partial charge in [-0.3, -0.25) is 4.79 Å². The van der Waals surface area contributed by atoms with Crippen molar-refractivity contribution in [1.29, 1.82) is 0 Å². The summed E-state index contributed by atoms with van der Waals surface area (Å²) in [4.78, 5) is 24.5. The van der Waals surface area contributed by atoms with Crippen molar-refractivity contribution in [3.63, 3.8) is 0 Å². The minimum atomic E-state index is -0.295. The Kier molecular flexibility index (Phi) is 4.32. The number of anilines is 1. The number of hydrogen-bond acceptors (Lipinski definition) is 3. The molecule has 134 valence electrons. The number of aromatic amines is 1. The maximum Gasteiger partial charge on any atom is 0.242 e. The summed E-state index contributed by atoms with van der Waals surface area (Å²) in [6.45, 7) is 1.03. The number of nitrogens with one attached hydrogen (secondary N) is 1. The number of H-pyrrole nitrogens is 1. The van der Waals surface area contributed by atoms with Gasteiger partial charge in [-0.15, -0.1) is 0 Å². The summed E-state index contributed by atoms with van der Waals surface area (Å²) < 4.78 is 13.4. The summed E-state index contributed by atoms with van der Waals surface area (Å²) in [6.07, 6.45) is 1.81. The molecule has 1 N–H and O–H groups in total. The first-order valence-electron chi connectivity index (χ1n) is 8.82. The third kappa shape index (κ3) is 3.14. The van der Waals surface area contributed by atoms with Crippen LogP contribution < -0.4 is 4.90 Å². The number of rotatable bonds is 4. The van der Waals surface area contributed by atoms with Gasteiger partial charge in [0.2, 0.25) is 5.91 Å². The Morgan fingerprint density at radius 1 is 1.31 bits per heavy atom. The number of likely N-dealkylation sites (tertiary alicyclic amines) is 1. The highest BCUT2D eigenvalue weighted by atomic mass is 19.1. The summed E-state index contributed by atoms with van der Waals surface area (Å²) in [5.74, 6) is 0.515. The van der Waals surface area contributed by atoms with E-state index < -0.39 is 0 Å². The van der Waals surface area contributed by atoms with Crippen LogP contribution in [0.5, 0.6) is 0 Å². The number of likely N-dealkylation sites (N-methyl/N-ethyl adjacent to an activating group) is 1. The van der Waals surface area contributed by atoms with Gasteiger partial charge in [0.25, 0.3) is 0 Å². The number of carbonyl (C=O) groups is 1. The van der Waals surface area contributed by atoms with Gasteiger partial charge in [0.05, 0.1) is 23.6 Å². The molecule has 6 heteroatoms. The van der Waals surface area contributed by atoms with E-state index in [-0.39, 0.29) is 17.8 Å². The van der Waals surface area contributed by atoms with E-state index in [0.29, 0.717) is 12.1 Å². The Morgan fingerprint density at radius 3 is 2.92 bits per heavy atom. The van der Waals surface area contributed by atoms with Gasteiger partial charge >= 0.3 is 0 Å². The van der Waals surface area contributed by atoms with Crippen LogP contribution in [0.2, 0.25) is 0 Å². The minimum Gasteiger partial charge on any atom is -0.365 e. The second-order valence-corrected chi connectivity index (χ2v) is 6.72. The number of carbonyl (C=O) groups excluding carboxylic acids is 1. The van der Waals surface area contributed by atoms with E-state index in [1.165, 1.54) is 12.1 Å². The lowest BCUT2D eigenvalue weighted by atomic mass is 10.2. The summed E-state index contributed by atoms with van der Waals surface area (Å²) in [6, 6.07) is 14.3. The van der Waals surface area contributed by atoms with Gasteiger partial charge in [-0.2, -0.15) is 0 Å². The van der Waals surface area contributed by atoms with Crippen LogP contribution in [-0.4, -0.2) is 40.9 Å². The van der Waals surface area contributed by atoms with Crippen LogP contribution in [-0.2, 0) is 4.79 Å². The third-order valence-electron chi connectivity index (χ3n) is 4.92. The topological polar surface area (TPSA) is 52.2 Å². The van der Waals surface area contributed by atoms with E-state index in [0.717, 1.165) is 36.4 Å². The average Bonchev–Trinajstić information content (AvgIpc) is 3.28.